The Balaban J connectivity index is 1.56. The van der Waals surface area contributed by atoms with Crippen molar-refractivity contribution in [2.24, 2.45) is 0 Å². The summed E-state index contributed by atoms with van der Waals surface area (Å²) in [5, 5.41) is 0. The summed E-state index contributed by atoms with van der Waals surface area (Å²) in [5.74, 6) is 0.865. The molecule has 1 heterocycles. The van der Waals surface area contributed by atoms with E-state index in [1.165, 1.54) is 6.26 Å². The van der Waals surface area contributed by atoms with Crippen molar-refractivity contribution >= 4 is 5.97 Å². The molecule has 0 amide bonds. The molecule has 122 valence electrons. The Hall–Kier alpha value is -3.08. The molecule has 1 aromatic heterocycles. The lowest BCUT2D eigenvalue weighted by atomic mass is 10.2. The summed E-state index contributed by atoms with van der Waals surface area (Å²) in [6, 6.07) is 16.9. The Morgan fingerprint density at radius 2 is 1.96 bits per heavy atom. The van der Waals surface area contributed by atoms with Crippen molar-refractivity contribution in [3.8, 4) is 17.2 Å². The van der Waals surface area contributed by atoms with E-state index in [9.17, 15) is 4.79 Å². The molecule has 0 aliphatic heterocycles. The second-order valence-electron chi connectivity index (χ2n) is 5.20. The van der Waals surface area contributed by atoms with Crippen LogP contribution in [-0.4, -0.2) is 18.1 Å². The van der Waals surface area contributed by atoms with E-state index < -0.39 is 0 Å². The maximum Gasteiger partial charge on any atom is 0.312 e. The summed E-state index contributed by atoms with van der Waals surface area (Å²) in [6.07, 6.45) is 1.55. The van der Waals surface area contributed by atoms with Crippen LogP contribution < -0.4 is 4.74 Å². The summed E-state index contributed by atoms with van der Waals surface area (Å²) in [6.45, 7) is 0.194. The van der Waals surface area contributed by atoms with Crippen molar-refractivity contribution in [2.45, 2.75) is 13.0 Å². The maximum atomic E-state index is 12.0. The van der Waals surface area contributed by atoms with Gasteiger partial charge >= 0.3 is 5.97 Å². The third-order valence-corrected chi connectivity index (χ3v) is 3.43. The number of carbonyl (C=O) groups excluding carboxylic acids is 1. The van der Waals surface area contributed by atoms with E-state index >= 15 is 0 Å². The Labute approximate surface area is 139 Å². The van der Waals surface area contributed by atoms with Crippen LogP contribution >= 0.6 is 0 Å². The van der Waals surface area contributed by atoms with Gasteiger partial charge in [-0.3, -0.25) is 4.79 Å². The molecule has 0 bridgehead atoms. The molecular weight excluding hydrogens is 306 g/mol. The number of carbonyl (C=O) groups is 1. The van der Waals surface area contributed by atoms with E-state index in [0.717, 1.165) is 16.9 Å². The molecule has 3 rings (SSSR count). The lowest BCUT2D eigenvalue weighted by Crippen LogP contribution is -2.08. The Bertz CT molecular complexity index is 811. The molecule has 0 fully saturated rings. The number of esters is 1. The predicted molar refractivity (Wildman–Crippen MR) is 88.4 cm³/mol. The second kappa shape index (κ2) is 7.46. The molecule has 5 nitrogen and oxygen atoms in total. The van der Waals surface area contributed by atoms with Gasteiger partial charge in [-0.1, -0.05) is 30.3 Å². The van der Waals surface area contributed by atoms with Gasteiger partial charge in [0, 0.05) is 5.56 Å². The predicted octanol–water partition coefficient (Wildman–Crippen LogP) is 3.64. The Morgan fingerprint density at radius 3 is 2.75 bits per heavy atom. The topological polar surface area (TPSA) is 61.6 Å². The van der Waals surface area contributed by atoms with Gasteiger partial charge in [0.2, 0.25) is 5.89 Å². The number of nitrogens with zero attached hydrogens (tertiary/aromatic N) is 1. The number of rotatable bonds is 6. The van der Waals surface area contributed by atoms with Gasteiger partial charge in [0.1, 0.15) is 18.6 Å². The molecule has 0 N–H and O–H groups in total. The van der Waals surface area contributed by atoms with E-state index in [-0.39, 0.29) is 19.0 Å². The number of hydrogen-bond acceptors (Lipinski definition) is 5. The van der Waals surface area contributed by atoms with E-state index in [1.54, 1.807) is 7.11 Å². The molecule has 2 aromatic carbocycles. The fraction of sp³-hybridized carbons (Fsp3) is 0.158. The average Bonchev–Trinajstić information content (AvgIpc) is 3.09. The highest BCUT2D eigenvalue weighted by Gasteiger charge is 2.11. The summed E-state index contributed by atoms with van der Waals surface area (Å²) in [4.78, 5) is 16.3. The summed E-state index contributed by atoms with van der Waals surface area (Å²) in [5.41, 5.74) is 2.28. The minimum Gasteiger partial charge on any atom is -0.497 e. The first-order valence-electron chi connectivity index (χ1n) is 7.53. The standard InChI is InChI=1S/C19H17NO4/c1-22-17-9-5-6-14(10-17)12-23-18(21)11-16-13-24-19(20-16)15-7-3-2-4-8-15/h2-10,13H,11-12H2,1H3. The molecule has 0 radical (unpaired) electrons. The first kappa shape index (κ1) is 15.8. The summed E-state index contributed by atoms with van der Waals surface area (Å²) < 4.78 is 15.8. The van der Waals surface area contributed by atoms with Gasteiger partial charge in [-0.25, -0.2) is 4.98 Å². The van der Waals surface area contributed by atoms with Crippen LogP contribution in [0.1, 0.15) is 11.3 Å². The zero-order chi connectivity index (χ0) is 16.8. The van der Waals surface area contributed by atoms with E-state index in [1.807, 2.05) is 54.6 Å². The first-order chi connectivity index (χ1) is 11.7. The monoisotopic (exact) mass is 323 g/mol. The first-order valence-corrected chi connectivity index (χ1v) is 7.53. The number of benzene rings is 2. The third-order valence-electron chi connectivity index (χ3n) is 3.43. The van der Waals surface area contributed by atoms with Gasteiger partial charge < -0.3 is 13.9 Å². The van der Waals surface area contributed by atoms with Crippen LogP contribution in [0, 0.1) is 0 Å². The zero-order valence-corrected chi connectivity index (χ0v) is 13.3. The van der Waals surface area contributed by atoms with Crippen molar-refractivity contribution in [3.63, 3.8) is 0 Å². The van der Waals surface area contributed by atoms with Crippen LogP contribution in [0.5, 0.6) is 5.75 Å². The minimum atomic E-state index is -0.356. The molecule has 0 saturated heterocycles. The van der Waals surface area contributed by atoms with Crippen molar-refractivity contribution in [1.82, 2.24) is 4.98 Å². The smallest absolute Gasteiger partial charge is 0.312 e. The van der Waals surface area contributed by atoms with Gasteiger partial charge in [-0.05, 0) is 29.8 Å². The minimum absolute atomic E-state index is 0.0697. The lowest BCUT2D eigenvalue weighted by molar-refractivity contribution is -0.144. The van der Waals surface area contributed by atoms with E-state index in [0.29, 0.717) is 11.6 Å². The number of ether oxygens (including phenoxy) is 2. The van der Waals surface area contributed by atoms with E-state index in [2.05, 4.69) is 4.98 Å². The molecule has 0 aliphatic rings. The normalized spacial score (nSPS) is 10.4. The highest BCUT2D eigenvalue weighted by Crippen LogP contribution is 2.18. The van der Waals surface area contributed by atoms with Gasteiger partial charge in [0.25, 0.3) is 0 Å². The number of aromatic nitrogens is 1. The van der Waals surface area contributed by atoms with Crippen LogP contribution in [0.2, 0.25) is 0 Å². The SMILES string of the molecule is COc1cccc(COC(=O)Cc2coc(-c3ccccc3)n2)c1. The highest BCUT2D eigenvalue weighted by molar-refractivity contribution is 5.72. The van der Waals surface area contributed by atoms with Gasteiger partial charge in [0.05, 0.1) is 19.2 Å². The molecule has 24 heavy (non-hydrogen) atoms. The molecule has 0 spiro atoms. The molecule has 0 atom stereocenters. The second-order valence-corrected chi connectivity index (χ2v) is 5.20. The maximum absolute atomic E-state index is 12.0. The molecule has 3 aromatic rings. The Morgan fingerprint density at radius 1 is 1.12 bits per heavy atom. The van der Waals surface area contributed by atoms with Crippen molar-refractivity contribution in [2.75, 3.05) is 7.11 Å². The van der Waals surface area contributed by atoms with Crippen LogP contribution in [0.3, 0.4) is 0 Å². The molecule has 0 unspecified atom stereocenters. The number of methoxy groups -OCH3 is 1. The molecule has 0 aliphatic carbocycles. The highest BCUT2D eigenvalue weighted by atomic mass is 16.5. The summed E-state index contributed by atoms with van der Waals surface area (Å²) in [7, 11) is 1.60. The van der Waals surface area contributed by atoms with Crippen molar-refractivity contribution in [1.29, 1.82) is 0 Å². The molecule has 5 heteroatoms. The average molecular weight is 323 g/mol. The fourth-order valence-electron chi connectivity index (χ4n) is 2.23. The summed E-state index contributed by atoms with van der Waals surface area (Å²) >= 11 is 0. The van der Waals surface area contributed by atoms with Crippen LogP contribution in [-0.2, 0) is 22.6 Å². The van der Waals surface area contributed by atoms with Crippen molar-refractivity contribution < 1.29 is 18.7 Å². The fourth-order valence-corrected chi connectivity index (χ4v) is 2.23. The lowest BCUT2D eigenvalue weighted by Gasteiger charge is -2.05. The largest absolute Gasteiger partial charge is 0.497 e. The van der Waals surface area contributed by atoms with Crippen molar-refractivity contribution in [3.05, 3.63) is 72.1 Å². The van der Waals surface area contributed by atoms with E-state index in [4.69, 9.17) is 13.9 Å². The van der Waals surface area contributed by atoms with Gasteiger partial charge in [0.15, 0.2) is 0 Å². The third kappa shape index (κ3) is 4.01. The molecule has 0 saturated carbocycles. The number of hydrogen-bond donors (Lipinski definition) is 0. The van der Waals surface area contributed by atoms with Crippen LogP contribution in [0.4, 0.5) is 0 Å². The van der Waals surface area contributed by atoms with Gasteiger partial charge in [-0.15, -0.1) is 0 Å². The molecular formula is C19H17NO4. The Kier molecular flexibility index (Phi) is 4.91. The number of oxazole rings is 1. The van der Waals surface area contributed by atoms with Gasteiger partial charge in [-0.2, -0.15) is 0 Å². The van der Waals surface area contributed by atoms with Crippen LogP contribution in [0.15, 0.2) is 65.3 Å². The quantitative estimate of drug-likeness (QED) is 0.648. The van der Waals surface area contributed by atoms with Crippen LogP contribution in [0.25, 0.3) is 11.5 Å². The zero-order valence-electron chi connectivity index (χ0n) is 13.3.